The van der Waals surface area contributed by atoms with Crippen molar-refractivity contribution in [2.24, 2.45) is 0 Å². The molecule has 0 aliphatic rings. The van der Waals surface area contributed by atoms with E-state index in [2.05, 4.69) is 9.97 Å². The van der Waals surface area contributed by atoms with Crippen molar-refractivity contribution in [3.63, 3.8) is 0 Å². The first-order chi connectivity index (χ1) is 9.65. The molecule has 98 valence electrons. The van der Waals surface area contributed by atoms with E-state index in [9.17, 15) is 10.1 Å². The Balaban J connectivity index is 2.19. The summed E-state index contributed by atoms with van der Waals surface area (Å²) in [5.74, 6) is 0.738. The molecule has 0 aliphatic carbocycles. The molecule has 0 fully saturated rings. The van der Waals surface area contributed by atoms with Crippen LogP contribution in [-0.4, -0.2) is 14.9 Å². The van der Waals surface area contributed by atoms with Gasteiger partial charge in [0, 0.05) is 23.1 Å². The van der Waals surface area contributed by atoms with Crippen molar-refractivity contribution in [3.8, 4) is 11.4 Å². The maximum atomic E-state index is 10.8. The van der Waals surface area contributed by atoms with E-state index >= 15 is 0 Å². The van der Waals surface area contributed by atoms with Crippen molar-refractivity contribution in [3.05, 3.63) is 58.6 Å². The molecule has 20 heavy (non-hydrogen) atoms. The highest BCUT2D eigenvalue weighted by Gasteiger charge is 2.11. The van der Waals surface area contributed by atoms with Crippen LogP contribution in [0.3, 0.4) is 0 Å². The van der Waals surface area contributed by atoms with Gasteiger partial charge in [-0.15, -0.1) is 0 Å². The summed E-state index contributed by atoms with van der Waals surface area (Å²) < 4.78 is 0. The molecule has 0 amide bonds. The van der Waals surface area contributed by atoms with E-state index in [-0.39, 0.29) is 5.69 Å². The minimum atomic E-state index is -0.450. The SMILES string of the molecule is Nc1nc(-c2cccc([N+](=O)[O-])c2)nc2ccccc12. The molecule has 6 heteroatoms. The number of hydrogen-bond donors (Lipinski definition) is 1. The van der Waals surface area contributed by atoms with Crippen LogP contribution in [0.2, 0.25) is 0 Å². The number of aromatic nitrogens is 2. The Hall–Kier alpha value is -3.02. The highest BCUT2D eigenvalue weighted by Crippen LogP contribution is 2.25. The Bertz CT molecular complexity index is 817. The maximum absolute atomic E-state index is 10.8. The first kappa shape index (κ1) is 12.0. The highest BCUT2D eigenvalue weighted by molar-refractivity contribution is 5.89. The van der Waals surface area contributed by atoms with Crippen LogP contribution in [-0.2, 0) is 0 Å². The number of nitrogens with zero attached hydrogens (tertiary/aromatic N) is 3. The predicted octanol–water partition coefficient (Wildman–Crippen LogP) is 2.79. The number of nitrogens with two attached hydrogens (primary N) is 1. The van der Waals surface area contributed by atoms with E-state index in [1.165, 1.54) is 12.1 Å². The summed E-state index contributed by atoms with van der Waals surface area (Å²) in [6, 6.07) is 13.5. The lowest BCUT2D eigenvalue weighted by atomic mass is 10.1. The van der Waals surface area contributed by atoms with Crippen LogP contribution in [0.4, 0.5) is 11.5 Å². The fourth-order valence-corrected chi connectivity index (χ4v) is 1.99. The van der Waals surface area contributed by atoms with Gasteiger partial charge in [-0.3, -0.25) is 10.1 Å². The Morgan fingerprint density at radius 3 is 2.65 bits per heavy atom. The summed E-state index contributed by atoms with van der Waals surface area (Å²) in [4.78, 5) is 19.0. The van der Waals surface area contributed by atoms with Crippen LogP contribution in [0.1, 0.15) is 0 Å². The topological polar surface area (TPSA) is 94.9 Å². The Morgan fingerprint density at radius 2 is 1.85 bits per heavy atom. The van der Waals surface area contributed by atoms with Gasteiger partial charge in [0.1, 0.15) is 5.82 Å². The number of rotatable bonds is 2. The number of hydrogen-bond acceptors (Lipinski definition) is 5. The molecule has 0 radical (unpaired) electrons. The lowest BCUT2D eigenvalue weighted by Gasteiger charge is -2.05. The summed E-state index contributed by atoms with van der Waals surface area (Å²) in [6.45, 7) is 0. The molecule has 0 saturated heterocycles. The molecular weight excluding hydrogens is 256 g/mol. The maximum Gasteiger partial charge on any atom is 0.270 e. The molecule has 1 aromatic heterocycles. The molecule has 6 nitrogen and oxygen atoms in total. The van der Waals surface area contributed by atoms with Gasteiger partial charge >= 0.3 is 0 Å². The lowest BCUT2D eigenvalue weighted by Crippen LogP contribution is -1.98. The molecular formula is C14H10N4O2. The van der Waals surface area contributed by atoms with E-state index in [4.69, 9.17) is 5.73 Å². The Labute approximate surface area is 114 Å². The molecule has 0 spiro atoms. The van der Waals surface area contributed by atoms with Gasteiger partial charge in [-0.25, -0.2) is 9.97 Å². The standard InChI is InChI=1S/C14H10N4O2/c15-13-11-6-1-2-7-12(11)16-14(17-13)9-4-3-5-10(8-9)18(19)20/h1-8H,(H2,15,16,17). The fraction of sp³-hybridized carbons (Fsp3) is 0. The largest absolute Gasteiger partial charge is 0.383 e. The van der Waals surface area contributed by atoms with Crippen molar-refractivity contribution in [2.45, 2.75) is 0 Å². The van der Waals surface area contributed by atoms with Crippen LogP contribution in [0.15, 0.2) is 48.5 Å². The van der Waals surface area contributed by atoms with Crippen LogP contribution >= 0.6 is 0 Å². The highest BCUT2D eigenvalue weighted by atomic mass is 16.6. The average Bonchev–Trinajstić information content (AvgIpc) is 2.47. The van der Waals surface area contributed by atoms with Gasteiger partial charge in [0.25, 0.3) is 5.69 Å². The molecule has 2 N–H and O–H groups in total. The van der Waals surface area contributed by atoms with E-state index in [1.54, 1.807) is 12.1 Å². The Kier molecular flexibility index (Phi) is 2.76. The zero-order valence-corrected chi connectivity index (χ0v) is 10.4. The van der Waals surface area contributed by atoms with Gasteiger partial charge < -0.3 is 5.73 Å². The van der Waals surface area contributed by atoms with E-state index in [1.807, 2.05) is 24.3 Å². The summed E-state index contributed by atoms with van der Waals surface area (Å²) in [5, 5.41) is 11.6. The van der Waals surface area contributed by atoms with Gasteiger partial charge in [-0.1, -0.05) is 24.3 Å². The van der Waals surface area contributed by atoms with Crippen molar-refractivity contribution < 1.29 is 4.92 Å². The lowest BCUT2D eigenvalue weighted by molar-refractivity contribution is -0.384. The normalized spacial score (nSPS) is 10.6. The van der Waals surface area contributed by atoms with Crippen molar-refractivity contribution in [1.82, 2.24) is 9.97 Å². The van der Waals surface area contributed by atoms with E-state index < -0.39 is 4.92 Å². The smallest absolute Gasteiger partial charge is 0.270 e. The van der Waals surface area contributed by atoms with Gasteiger partial charge in [0.2, 0.25) is 0 Å². The molecule has 0 atom stereocenters. The number of anilines is 1. The van der Waals surface area contributed by atoms with Gasteiger partial charge in [0.05, 0.1) is 10.4 Å². The van der Waals surface area contributed by atoms with Crippen LogP contribution in [0, 0.1) is 10.1 Å². The molecule has 3 rings (SSSR count). The van der Waals surface area contributed by atoms with Crippen LogP contribution in [0.5, 0.6) is 0 Å². The molecule has 0 bridgehead atoms. The van der Waals surface area contributed by atoms with Crippen molar-refractivity contribution >= 4 is 22.4 Å². The molecule has 0 unspecified atom stereocenters. The summed E-state index contributed by atoms with van der Waals surface area (Å²) in [6.07, 6.45) is 0. The number of nitro benzene ring substituents is 1. The van der Waals surface area contributed by atoms with E-state index in [0.29, 0.717) is 22.7 Å². The van der Waals surface area contributed by atoms with E-state index in [0.717, 1.165) is 5.39 Å². The summed E-state index contributed by atoms with van der Waals surface area (Å²) in [5.41, 5.74) is 7.18. The van der Waals surface area contributed by atoms with Gasteiger partial charge in [-0.2, -0.15) is 0 Å². The molecule has 0 saturated carbocycles. The zero-order valence-electron chi connectivity index (χ0n) is 10.4. The number of non-ortho nitro benzene ring substituents is 1. The van der Waals surface area contributed by atoms with Gasteiger partial charge in [0.15, 0.2) is 5.82 Å². The third-order valence-corrected chi connectivity index (χ3v) is 2.95. The Morgan fingerprint density at radius 1 is 1.05 bits per heavy atom. The van der Waals surface area contributed by atoms with Gasteiger partial charge in [-0.05, 0) is 12.1 Å². The first-order valence-electron chi connectivity index (χ1n) is 5.92. The summed E-state index contributed by atoms with van der Waals surface area (Å²) >= 11 is 0. The number of nitrogen functional groups attached to an aromatic ring is 1. The predicted molar refractivity (Wildman–Crippen MR) is 76.0 cm³/mol. The fourth-order valence-electron chi connectivity index (χ4n) is 1.99. The second-order valence-corrected chi connectivity index (χ2v) is 4.26. The quantitative estimate of drug-likeness (QED) is 0.568. The van der Waals surface area contributed by atoms with Crippen molar-refractivity contribution in [1.29, 1.82) is 0 Å². The first-order valence-corrected chi connectivity index (χ1v) is 5.92. The zero-order chi connectivity index (χ0) is 14.1. The van der Waals surface area contributed by atoms with Crippen LogP contribution in [0.25, 0.3) is 22.3 Å². The van der Waals surface area contributed by atoms with Crippen LogP contribution < -0.4 is 5.73 Å². The molecule has 2 aromatic carbocycles. The van der Waals surface area contributed by atoms with Crippen molar-refractivity contribution in [2.75, 3.05) is 5.73 Å². The number of fused-ring (bicyclic) bond motifs is 1. The molecule has 3 aromatic rings. The second-order valence-electron chi connectivity index (χ2n) is 4.26. The molecule has 0 aliphatic heterocycles. The number of nitro groups is 1. The summed E-state index contributed by atoms with van der Waals surface area (Å²) in [7, 11) is 0. The number of para-hydroxylation sites is 1. The second kappa shape index (κ2) is 4.58. The number of benzene rings is 2. The molecule has 1 heterocycles. The average molecular weight is 266 g/mol. The minimum absolute atomic E-state index is 0.00201. The third kappa shape index (κ3) is 2.03. The monoisotopic (exact) mass is 266 g/mol. The minimum Gasteiger partial charge on any atom is -0.383 e. The third-order valence-electron chi connectivity index (χ3n) is 2.95.